The van der Waals surface area contributed by atoms with Crippen molar-refractivity contribution in [2.24, 2.45) is 11.8 Å². The Balaban J connectivity index is 1.97. The number of aliphatic hydroxyl groups is 1. The van der Waals surface area contributed by atoms with Crippen LogP contribution < -0.4 is 19.7 Å². The molecule has 0 aromatic heterocycles. The average Bonchev–Trinajstić information content (AvgIpc) is 3.37. The fourth-order valence-electron chi connectivity index (χ4n) is 6.12. The first kappa shape index (κ1) is 26.6. The molecule has 2 aliphatic rings. The molecule has 4 rings (SSSR count). The van der Waals surface area contributed by atoms with Gasteiger partial charge in [0, 0.05) is 17.2 Å². The number of carbonyl (C=O) groups is 3. The van der Waals surface area contributed by atoms with Crippen LogP contribution in [0.15, 0.2) is 30.3 Å². The maximum absolute atomic E-state index is 14.2. The van der Waals surface area contributed by atoms with Crippen molar-refractivity contribution in [3.8, 4) is 11.5 Å². The first-order chi connectivity index (χ1) is 17.6. The fourth-order valence-corrected chi connectivity index (χ4v) is 6.12. The zero-order chi connectivity index (χ0) is 27.2. The Labute approximate surface area is 216 Å². The Hall–Kier alpha value is -3.43. The van der Waals surface area contributed by atoms with Gasteiger partial charge in [-0.3, -0.25) is 19.7 Å². The first-order valence-electron chi connectivity index (χ1n) is 12.5. The Morgan fingerprint density at radius 1 is 1.08 bits per heavy atom. The van der Waals surface area contributed by atoms with Crippen LogP contribution in [0.5, 0.6) is 11.5 Å². The molecule has 2 aromatic rings. The molecule has 2 heterocycles. The number of carboxylic acids is 1. The predicted molar refractivity (Wildman–Crippen MR) is 137 cm³/mol. The van der Waals surface area contributed by atoms with Gasteiger partial charge in [0.25, 0.3) is 0 Å². The lowest BCUT2D eigenvalue weighted by Crippen LogP contribution is -2.62. The van der Waals surface area contributed by atoms with E-state index in [0.29, 0.717) is 41.2 Å². The third kappa shape index (κ3) is 3.71. The van der Waals surface area contributed by atoms with Gasteiger partial charge in [0.15, 0.2) is 5.54 Å². The van der Waals surface area contributed by atoms with E-state index in [-0.39, 0.29) is 0 Å². The molecule has 0 aliphatic carbocycles. The second-order valence-corrected chi connectivity index (χ2v) is 9.63. The Bertz CT molecular complexity index is 1240. The summed E-state index contributed by atoms with van der Waals surface area (Å²) in [4.78, 5) is 42.2. The van der Waals surface area contributed by atoms with Gasteiger partial charge in [-0.2, -0.15) is 0 Å². The largest absolute Gasteiger partial charge is 0.496 e. The summed E-state index contributed by atoms with van der Waals surface area (Å²) >= 11 is 0. The van der Waals surface area contributed by atoms with E-state index in [1.165, 1.54) is 21.1 Å². The summed E-state index contributed by atoms with van der Waals surface area (Å²) in [5, 5.41) is 24.3. The summed E-state index contributed by atoms with van der Waals surface area (Å²) in [6.45, 7) is 7.01. The van der Waals surface area contributed by atoms with E-state index >= 15 is 0 Å². The molecule has 2 aromatic carbocycles. The van der Waals surface area contributed by atoms with Gasteiger partial charge in [-0.05, 0) is 43.9 Å². The summed E-state index contributed by atoms with van der Waals surface area (Å²) < 4.78 is 11.1. The molecule has 2 amide bonds. The number of carboxylic acid groups (broad SMARTS) is 1. The summed E-state index contributed by atoms with van der Waals surface area (Å²) in [7, 11) is 3.01. The van der Waals surface area contributed by atoms with Crippen molar-refractivity contribution in [2.75, 3.05) is 19.1 Å². The van der Waals surface area contributed by atoms with Gasteiger partial charge < -0.3 is 19.7 Å². The average molecular weight is 511 g/mol. The molecule has 0 spiro atoms. The number of amides is 2. The topological polar surface area (TPSA) is 125 Å². The number of aliphatic carboxylic acids is 1. The van der Waals surface area contributed by atoms with Crippen LogP contribution in [0.25, 0.3) is 0 Å². The smallest absolute Gasteiger partial charge is 0.327 e. The molecule has 3 N–H and O–H groups in total. The van der Waals surface area contributed by atoms with Crippen molar-refractivity contribution in [1.82, 2.24) is 5.32 Å². The number of nitrogens with zero attached hydrogens (tertiary/aromatic N) is 1. The van der Waals surface area contributed by atoms with Crippen molar-refractivity contribution in [3.63, 3.8) is 0 Å². The van der Waals surface area contributed by atoms with Crippen molar-refractivity contribution >= 4 is 23.5 Å². The molecule has 198 valence electrons. The summed E-state index contributed by atoms with van der Waals surface area (Å²) in [5.41, 5.74) is 1.26. The van der Waals surface area contributed by atoms with Crippen LogP contribution in [-0.2, 0) is 27.2 Å². The number of carbonyl (C=O) groups excluding carboxylic acids is 2. The number of aliphatic hydroxyl groups excluding tert-OH is 1. The van der Waals surface area contributed by atoms with E-state index in [1.807, 2.05) is 32.0 Å². The van der Waals surface area contributed by atoms with Gasteiger partial charge in [0.05, 0.1) is 37.8 Å². The second-order valence-electron chi connectivity index (χ2n) is 9.63. The molecular weight excluding hydrogens is 476 g/mol. The van der Waals surface area contributed by atoms with E-state index in [1.54, 1.807) is 19.1 Å². The Morgan fingerprint density at radius 3 is 2.19 bits per heavy atom. The maximum Gasteiger partial charge on any atom is 0.327 e. The van der Waals surface area contributed by atoms with E-state index in [0.717, 1.165) is 16.0 Å². The Morgan fingerprint density at radius 2 is 1.70 bits per heavy atom. The summed E-state index contributed by atoms with van der Waals surface area (Å²) in [5.74, 6) is -3.94. The minimum Gasteiger partial charge on any atom is -0.496 e. The van der Waals surface area contributed by atoms with Crippen molar-refractivity contribution < 1.29 is 34.1 Å². The minimum absolute atomic E-state index is 0.421. The third-order valence-electron chi connectivity index (χ3n) is 7.94. The highest BCUT2D eigenvalue weighted by Crippen LogP contribution is 2.53. The number of benzene rings is 2. The highest BCUT2D eigenvalue weighted by Gasteiger charge is 2.71. The highest BCUT2D eigenvalue weighted by atomic mass is 16.5. The quantitative estimate of drug-likeness (QED) is 0.463. The number of nitrogens with one attached hydrogen (secondary N) is 1. The summed E-state index contributed by atoms with van der Waals surface area (Å²) in [6, 6.07) is 8.14. The molecule has 9 heteroatoms. The molecule has 9 nitrogen and oxygen atoms in total. The van der Waals surface area contributed by atoms with Gasteiger partial charge in [-0.15, -0.1) is 0 Å². The number of hydrogen-bond donors (Lipinski definition) is 3. The molecule has 2 fully saturated rings. The maximum atomic E-state index is 14.2. The lowest BCUT2D eigenvalue weighted by Gasteiger charge is -2.34. The van der Waals surface area contributed by atoms with Crippen LogP contribution in [0.2, 0.25) is 0 Å². The minimum atomic E-state index is -2.08. The van der Waals surface area contributed by atoms with Gasteiger partial charge in [0.2, 0.25) is 11.8 Å². The zero-order valence-corrected chi connectivity index (χ0v) is 22.0. The molecule has 5 atom stereocenters. The number of para-hydroxylation sites is 1. The van der Waals surface area contributed by atoms with Gasteiger partial charge in [0.1, 0.15) is 11.5 Å². The number of hydrogen-bond acceptors (Lipinski definition) is 7. The number of anilines is 1. The zero-order valence-electron chi connectivity index (χ0n) is 22.0. The Kier molecular flexibility index (Phi) is 7.05. The number of imide groups is 1. The molecule has 0 radical (unpaired) electrons. The predicted octanol–water partition coefficient (Wildman–Crippen LogP) is 2.79. The SMILES string of the molecule is CCc1cccc(CC)c1N1C(=O)C2C(c3ccc(OC)c(C)c3OC)NC(C(=O)O)(C(C)O)C2C1=O. The van der Waals surface area contributed by atoms with Crippen LogP contribution in [0, 0.1) is 18.8 Å². The lowest BCUT2D eigenvalue weighted by atomic mass is 9.76. The van der Waals surface area contributed by atoms with Crippen LogP contribution in [0.3, 0.4) is 0 Å². The van der Waals surface area contributed by atoms with Crippen LogP contribution >= 0.6 is 0 Å². The monoisotopic (exact) mass is 510 g/mol. The summed E-state index contributed by atoms with van der Waals surface area (Å²) in [6.07, 6.45) is -0.302. The molecule has 2 aliphatic heterocycles. The molecule has 2 saturated heterocycles. The van der Waals surface area contributed by atoms with E-state index < -0.39 is 47.3 Å². The standard InChI is InChI=1S/C28H34N2O7/c1-7-16-10-9-11-17(8-2)23(16)30-25(32)20-21(26(30)33)28(15(4)31,27(34)35)29-22(20)18-12-13-19(36-5)14(3)24(18)37-6/h9-13,15,20-22,29,31H,7-8H2,1-6H3,(H,34,35). The van der Waals surface area contributed by atoms with E-state index in [2.05, 4.69) is 5.32 Å². The van der Waals surface area contributed by atoms with Gasteiger partial charge >= 0.3 is 5.97 Å². The van der Waals surface area contributed by atoms with Gasteiger partial charge in [-0.1, -0.05) is 38.1 Å². The van der Waals surface area contributed by atoms with Gasteiger partial charge in [-0.25, -0.2) is 4.90 Å². The number of ether oxygens (including phenoxy) is 2. The number of aryl methyl sites for hydroxylation is 2. The highest BCUT2D eigenvalue weighted by molar-refractivity contribution is 6.25. The van der Waals surface area contributed by atoms with E-state index in [9.17, 15) is 24.6 Å². The van der Waals surface area contributed by atoms with Crippen molar-refractivity contribution in [1.29, 1.82) is 0 Å². The van der Waals surface area contributed by atoms with Crippen molar-refractivity contribution in [2.45, 2.75) is 58.2 Å². The molecule has 0 saturated carbocycles. The first-order valence-corrected chi connectivity index (χ1v) is 12.5. The molecule has 37 heavy (non-hydrogen) atoms. The van der Waals surface area contributed by atoms with Crippen LogP contribution in [0.1, 0.15) is 49.1 Å². The normalized spacial score (nSPS) is 25.8. The second kappa shape index (κ2) is 9.79. The molecular formula is C28H34N2O7. The van der Waals surface area contributed by atoms with Crippen molar-refractivity contribution in [3.05, 3.63) is 52.6 Å². The molecule has 5 unspecified atom stereocenters. The van der Waals surface area contributed by atoms with Crippen LogP contribution in [-0.4, -0.2) is 53.9 Å². The fraction of sp³-hybridized carbons (Fsp3) is 0.464. The van der Waals surface area contributed by atoms with E-state index in [4.69, 9.17) is 9.47 Å². The number of methoxy groups -OCH3 is 2. The number of rotatable bonds is 8. The third-order valence-corrected chi connectivity index (χ3v) is 7.94. The lowest BCUT2D eigenvalue weighted by molar-refractivity contribution is -0.154. The number of fused-ring (bicyclic) bond motifs is 1. The van der Waals surface area contributed by atoms with Crippen LogP contribution in [0.4, 0.5) is 5.69 Å². The molecule has 0 bridgehead atoms.